The molecular formula is C25H30N4O. The summed E-state index contributed by atoms with van der Waals surface area (Å²) in [4.78, 5) is 15.4. The predicted octanol–water partition coefficient (Wildman–Crippen LogP) is 5.87. The lowest BCUT2D eigenvalue weighted by atomic mass is 9.91. The molecule has 5 heteroatoms. The van der Waals surface area contributed by atoms with Gasteiger partial charge in [0.1, 0.15) is 5.69 Å². The number of fused-ring (bicyclic) bond motifs is 5. The van der Waals surface area contributed by atoms with Gasteiger partial charge in [-0.2, -0.15) is 0 Å². The molecule has 1 aromatic heterocycles. The van der Waals surface area contributed by atoms with Crippen molar-refractivity contribution in [3.63, 3.8) is 0 Å². The molecule has 2 heterocycles. The Morgan fingerprint density at radius 3 is 2.43 bits per heavy atom. The summed E-state index contributed by atoms with van der Waals surface area (Å²) >= 11 is 0. The van der Waals surface area contributed by atoms with Gasteiger partial charge in [-0.1, -0.05) is 81.8 Å². The van der Waals surface area contributed by atoms with Crippen LogP contribution in [0.25, 0.3) is 22.5 Å². The molecule has 0 N–H and O–H groups in total. The molecule has 30 heavy (non-hydrogen) atoms. The van der Waals surface area contributed by atoms with Crippen LogP contribution < -0.4 is 4.90 Å². The number of rotatable bonds is 3. The lowest BCUT2D eigenvalue weighted by Gasteiger charge is -2.33. The molecule has 1 atom stereocenters. The number of carbonyl (C=O) groups excluding carboxylic acids is 1. The van der Waals surface area contributed by atoms with Crippen molar-refractivity contribution >= 4 is 11.6 Å². The first-order valence-corrected chi connectivity index (χ1v) is 10.8. The molecule has 0 saturated carbocycles. The van der Waals surface area contributed by atoms with Gasteiger partial charge in [-0.3, -0.25) is 4.79 Å². The highest BCUT2D eigenvalue weighted by Gasteiger charge is 2.34. The smallest absolute Gasteiger partial charge is 0.232 e. The monoisotopic (exact) mass is 402 g/mol. The lowest BCUT2D eigenvalue weighted by molar-refractivity contribution is -0.125. The van der Waals surface area contributed by atoms with Gasteiger partial charge in [0.2, 0.25) is 5.91 Å². The van der Waals surface area contributed by atoms with E-state index in [1.807, 2.05) is 60.7 Å². The zero-order valence-electron chi connectivity index (χ0n) is 18.5. The number of carbonyl (C=O) groups is 1. The molecule has 0 fully saturated rings. The van der Waals surface area contributed by atoms with E-state index in [0.29, 0.717) is 6.54 Å². The van der Waals surface area contributed by atoms with Crippen LogP contribution in [0.3, 0.4) is 0 Å². The standard InChI is InChI=1S/C25H30N4O/c1-6-11-17(2)29-23-20-14-9-10-15-21(20)28(24(30)25(3,4)5)16-18-12-7-8-13-19(18)22(23)26-27-29/h7-10,12-15,17H,6,11,16H2,1-5H3. The van der Waals surface area contributed by atoms with Crippen molar-refractivity contribution in [2.75, 3.05) is 4.90 Å². The lowest BCUT2D eigenvalue weighted by Crippen LogP contribution is -2.40. The molecule has 0 radical (unpaired) electrons. The molecule has 3 aromatic rings. The highest BCUT2D eigenvalue weighted by atomic mass is 16.2. The third-order valence-electron chi connectivity index (χ3n) is 5.76. The molecule has 1 amide bonds. The normalized spacial score (nSPS) is 14.2. The minimum Gasteiger partial charge on any atom is -0.307 e. The van der Waals surface area contributed by atoms with Crippen LogP contribution in [0.1, 0.15) is 59.1 Å². The fourth-order valence-corrected chi connectivity index (χ4v) is 4.21. The Labute approximate surface area is 178 Å². The first-order valence-electron chi connectivity index (χ1n) is 10.8. The summed E-state index contributed by atoms with van der Waals surface area (Å²) in [7, 11) is 0. The maximum Gasteiger partial charge on any atom is 0.232 e. The number of hydrogen-bond donors (Lipinski definition) is 0. The van der Waals surface area contributed by atoms with Crippen molar-refractivity contribution in [2.45, 2.75) is 60.0 Å². The van der Waals surface area contributed by atoms with E-state index in [1.54, 1.807) is 0 Å². The maximum absolute atomic E-state index is 13.5. The van der Waals surface area contributed by atoms with Crippen LogP contribution in [0.2, 0.25) is 0 Å². The second kappa shape index (κ2) is 7.71. The second-order valence-electron chi connectivity index (χ2n) is 9.18. The summed E-state index contributed by atoms with van der Waals surface area (Å²) in [6.45, 7) is 10.8. The summed E-state index contributed by atoms with van der Waals surface area (Å²) in [6, 6.07) is 16.6. The minimum absolute atomic E-state index is 0.105. The Morgan fingerprint density at radius 1 is 1.07 bits per heavy atom. The number of nitrogens with zero attached hydrogens (tertiary/aromatic N) is 4. The van der Waals surface area contributed by atoms with E-state index in [4.69, 9.17) is 0 Å². The van der Waals surface area contributed by atoms with Crippen LogP contribution >= 0.6 is 0 Å². The predicted molar refractivity (Wildman–Crippen MR) is 121 cm³/mol. The average molecular weight is 403 g/mol. The van der Waals surface area contributed by atoms with Gasteiger partial charge >= 0.3 is 0 Å². The third kappa shape index (κ3) is 3.42. The zero-order valence-corrected chi connectivity index (χ0v) is 18.5. The number of amides is 1. The Morgan fingerprint density at radius 2 is 1.73 bits per heavy atom. The van der Waals surface area contributed by atoms with Gasteiger partial charge in [0.25, 0.3) is 0 Å². The van der Waals surface area contributed by atoms with E-state index >= 15 is 0 Å². The Hall–Kier alpha value is -2.95. The van der Waals surface area contributed by atoms with Gasteiger partial charge in [-0.05, 0) is 25.0 Å². The molecule has 1 aliphatic heterocycles. The van der Waals surface area contributed by atoms with E-state index in [0.717, 1.165) is 46.6 Å². The SMILES string of the molecule is CCCC(C)n1nnc2c1-c1ccccc1N(C(=O)C(C)(C)C)Cc1ccccc1-2. The third-order valence-corrected chi connectivity index (χ3v) is 5.76. The molecule has 156 valence electrons. The minimum atomic E-state index is -0.488. The molecular weight excluding hydrogens is 372 g/mol. The highest BCUT2D eigenvalue weighted by Crippen LogP contribution is 2.43. The topological polar surface area (TPSA) is 51.0 Å². The van der Waals surface area contributed by atoms with Crippen LogP contribution in [-0.2, 0) is 11.3 Å². The van der Waals surface area contributed by atoms with E-state index < -0.39 is 5.41 Å². The van der Waals surface area contributed by atoms with E-state index in [1.165, 1.54) is 0 Å². The summed E-state index contributed by atoms with van der Waals surface area (Å²) < 4.78 is 2.04. The van der Waals surface area contributed by atoms with Gasteiger partial charge in [-0.15, -0.1) is 5.10 Å². The Balaban J connectivity index is 2.03. The largest absolute Gasteiger partial charge is 0.307 e. The van der Waals surface area contributed by atoms with Crippen LogP contribution in [-0.4, -0.2) is 20.9 Å². The highest BCUT2D eigenvalue weighted by molar-refractivity contribution is 6.02. The molecule has 0 bridgehead atoms. The number of benzene rings is 2. The first-order chi connectivity index (χ1) is 14.3. The first kappa shape index (κ1) is 20.3. The molecule has 0 saturated heterocycles. The molecule has 1 unspecified atom stereocenters. The van der Waals surface area contributed by atoms with Crippen molar-refractivity contribution in [2.24, 2.45) is 5.41 Å². The molecule has 0 spiro atoms. The van der Waals surface area contributed by atoms with Gasteiger partial charge in [0.05, 0.1) is 24.0 Å². The van der Waals surface area contributed by atoms with Crippen LogP contribution in [0.4, 0.5) is 5.69 Å². The number of aromatic nitrogens is 3. The van der Waals surface area contributed by atoms with Crippen molar-refractivity contribution in [1.29, 1.82) is 0 Å². The van der Waals surface area contributed by atoms with E-state index in [-0.39, 0.29) is 11.9 Å². The summed E-state index contributed by atoms with van der Waals surface area (Å²) in [5, 5.41) is 9.21. The van der Waals surface area contributed by atoms with Crippen LogP contribution in [0.5, 0.6) is 0 Å². The number of para-hydroxylation sites is 1. The number of hydrogen-bond acceptors (Lipinski definition) is 3. The maximum atomic E-state index is 13.5. The van der Waals surface area contributed by atoms with Crippen molar-refractivity contribution in [3.8, 4) is 22.5 Å². The molecule has 4 rings (SSSR count). The van der Waals surface area contributed by atoms with Crippen molar-refractivity contribution in [3.05, 3.63) is 54.1 Å². The van der Waals surface area contributed by atoms with Crippen molar-refractivity contribution in [1.82, 2.24) is 15.0 Å². The van der Waals surface area contributed by atoms with E-state index in [2.05, 4.69) is 42.4 Å². The summed E-state index contributed by atoms with van der Waals surface area (Å²) in [6.07, 6.45) is 2.09. The number of anilines is 1. The fraction of sp³-hybridized carbons (Fsp3) is 0.400. The fourth-order valence-electron chi connectivity index (χ4n) is 4.21. The van der Waals surface area contributed by atoms with Gasteiger partial charge < -0.3 is 4.90 Å². The van der Waals surface area contributed by atoms with Gasteiger partial charge in [0.15, 0.2) is 0 Å². The van der Waals surface area contributed by atoms with Crippen LogP contribution in [0, 0.1) is 5.41 Å². The van der Waals surface area contributed by atoms with Gasteiger partial charge in [-0.25, -0.2) is 4.68 Å². The second-order valence-corrected chi connectivity index (χ2v) is 9.18. The Bertz CT molecular complexity index is 1080. The molecule has 1 aliphatic rings. The average Bonchev–Trinajstić information content (AvgIpc) is 3.14. The quantitative estimate of drug-likeness (QED) is 0.551. The zero-order chi connectivity index (χ0) is 21.5. The molecule has 2 aromatic carbocycles. The van der Waals surface area contributed by atoms with Crippen LogP contribution in [0.15, 0.2) is 48.5 Å². The van der Waals surface area contributed by atoms with Gasteiger partial charge in [0, 0.05) is 16.5 Å². The Kier molecular flexibility index (Phi) is 5.22. The summed E-state index contributed by atoms with van der Waals surface area (Å²) in [5.41, 5.74) is 5.45. The molecule has 0 aliphatic carbocycles. The van der Waals surface area contributed by atoms with E-state index in [9.17, 15) is 4.79 Å². The van der Waals surface area contributed by atoms with Crippen molar-refractivity contribution < 1.29 is 4.79 Å². The molecule has 5 nitrogen and oxygen atoms in total. The summed E-state index contributed by atoms with van der Waals surface area (Å²) in [5.74, 6) is 0.105.